The molecule has 148 valence electrons. The fraction of sp³-hybridized carbons (Fsp3) is 0.261. The van der Waals surface area contributed by atoms with Gasteiger partial charge < -0.3 is 10.2 Å². The number of hydrogen-bond donors (Lipinski definition) is 1. The van der Waals surface area contributed by atoms with E-state index in [2.05, 4.69) is 49.4 Å². The van der Waals surface area contributed by atoms with Crippen LogP contribution in [0.4, 0.5) is 11.5 Å². The van der Waals surface area contributed by atoms with Gasteiger partial charge in [0.25, 0.3) is 5.91 Å². The Morgan fingerprint density at radius 1 is 0.931 bits per heavy atom. The van der Waals surface area contributed by atoms with E-state index < -0.39 is 0 Å². The molecule has 6 nitrogen and oxygen atoms in total. The lowest BCUT2D eigenvalue weighted by atomic mass is 10.2. The zero-order chi connectivity index (χ0) is 20.1. The van der Waals surface area contributed by atoms with Gasteiger partial charge in [0.1, 0.15) is 17.3 Å². The Balaban J connectivity index is 1.41. The number of benzene rings is 2. The summed E-state index contributed by atoms with van der Waals surface area (Å²) in [5.41, 5.74) is 2.48. The number of amides is 1. The highest BCUT2D eigenvalue weighted by Gasteiger charge is 2.20. The molecule has 1 aliphatic heterocycles. The normalized spacial score (nSPS) is 14.6. The predicted molar refractivity (Wildman–Crippen MR) is 115 cm³/mol. The Morgan fingerprint density at radius 2 is 1.59 bits per heavy atom. The highest BCUT2D eigenvalue weighted by Crippen LogP contribution is 2.17. The van der Waals surface area contributed by atoms with Crippen molar-refractivity contribution in [3.8, 4) is 0 Å². The summed E-state index contributed by atoms with van der Waals surface area (Å²) in [7, 11) is 0. The minimum Gasteiger partial charge on any atom is -0.354 e. The van der Waals surface area contributed by atoms with Crippen molar-refractivity contribution in [2.45, 2.75) is 13.5 Å². The molecule has 0 saturated carbocycles. The fourth-order valence-electron chi connectivity index (χ4n) is 3.52. The number of carbonyl (C=O) groups is 1. The molecule has 1 N–H and O–H groups in total. The summed E-state index contributed by atoms with van der Waals surface area (Å²) < 4.78 is 0. The van der Waals surface area contributed by atoms with Crippen LogP contribution in [0.25, 0.3) is 0 Å². The summed E-state index contributed by atoms with van der Waals surface area (Å²) in [6.07, 6.45) is 0. The molecular weight excluding hydrogens is 362 g/mol. The van der Waals surface area contributed by atoms with Crippen LogP contribution in [0.2, 0.25) is 0 Å². The molecule has 2 aromatic carbocycles. The second-order valence-corrected chi connectivity index (χ2v) is 7.23. The quantitative estimate of drug-likeness (QED) is 0.727. The lowest BCUT2D eigenvalue weighted by Gasteiger charge is -2.35. The molecule has 0 atom stereocenters. The highest BCUT2D eigenvalue weighted by molar-refractivity contribution is 6.03. The molecule has 1 aliphatic rings. The third-order valence-electron chi connectivity index (χ3n) is 5.03. The maximum atomic E-state index is 12.6. The first-order valence-electron chi connectivity index (χ1n) is 9.91. The molecule has 29 heavy (non-hydrogen) atoms. The number of aromatic nitrogens is 2. The van der Waals surface area contributed by atoms with E-state index in [1.165, 1.54) is 5.56 Å². The molecule has 0 unspecified atom stereocenters. The number of nitrogens with one attached hydrogen (secondary N) is 1. The monoisotopic (exact) mass is 387 g/mol. The van der Waals surface area contributed by atoms with Crippen LogP contribution in [0.1, 0.15) is 21.9 Å². The van der Waals surface area contributed by atoms with Crippen LogP contribution in [0, 0.1) is 6.92 Å². The van der Waals surface area contributed by atoms with Crippen LogP contribution in [-0.2, 0) is 6.54 Å². The molecular formula is C23H25N5O. The second-order valence-electron chi connectivity index (χ2n) is 7.23. The number of nitrogens with zero attached hydrogens (tertiary/aromatic N) is 4. The Labute approximate surface area is 171 Å². The van der Waals surface area contributed by atoms with Crippen molar-refractivity contribution in [1.29, 1.82) is 0 Å². The van der Waals surface area contributed by atoms with Gasteiger partial charge in [0.05, 0.1) is 0 Å². The van der Waals surface area contributed by atoms with Gasteiger partial charge in [-0.1, -0.05) is 48.5 Å². The van der Waals surface area contributed by atoms with E-state index in [1.807, 2.05) is 43.3 Å². The SMILES string of the molecule is Cc1nc(C(=O)Nc2ccccc2)cc(N2CCN(Cc3ccccc3)CC2)n1. The van der Waals surface area contributed by atoms with Crippen LogP contribution in [0.15, 0.2) is 66.7 Å². The first-order chi connectivity index (χ1) is 14.2. The zero-order valence-electron chi connectivity index (χ0n) is 16.6. The maximum absolute atomic E-state index is 12.6. The van der Waals surface area contributed by atoms with Crippen LogP contribution in [0.3, 0.4) is 0 Å². The van der Waals surface area contributed by atoms with Gasteiger partial charge >= 0.3 is 0 Å². The average Bonchev–Trinajstić information content (AvgIpc) is 2.75. The van der Waals surface area contributed by atoms with Crippen LogP contribution in [0.5, 0.6) is 0 Å². The molecule has 1 fully saturated rings. The minimum absolute atomic E-state index is 0.217. The molecule has 2 heterocycles. The van der Waals surface area contributed by atoms with Crippen LogP contribution < -0.4 is 10.2 Å². The zero-order valence-corrected chi connectivity index (χ0v) is 16.6. The summed E-state index contributed by atoms with van der Waals surface area (Å²) in [5, 5.41) is 2.89. The molecule has 0 bridgehead atoms. The predicted octanol–water partition coefficient (Wildman–Crippen LogP) is 3.36. The molecule has 3 aromatic rings. The standard InChI is InChI=1S/C23H25N5O/c1-18-24-21(23(29)26-20-10-6-3-7-11-20)16-22(25-18)28-14-12-27(13-15-28)17-19-8-4-2-5-9-19/h2-11,16H,12-15,17H2,1H3,(H,26,29). The maximum Gasteiger partial charge on any atom is 0.274 e. The molecule has 1 aromatic heterocycles. The molecule has 1 amide bonds. The molecule has 1 saturated heterocycles. The summed E-state index contributed by atoms with van der Waals surface area (Å²) in [6.45, 7) is 6.47. The van der Waals surface area contributed by atoms with E-state index in [1.54, 1.807) is 6.07 Å². The lowest BCUT2D eigenvalue weighted by Crippen LogP contribution is -2.46. The van der Waals surface area contributed by atoms with Crippen molar-refractivity contribution in [1.82, 2.24) is 14.9 Å². The molecule has 0 spiro atoms. The number of anilines is 2. The third kappa shape index (κ3) is 4.97. The van der Waals surface area contributed by atoms with E-state index >= 15 is 0 Å². The van der Waals surface area contributed by atoms with Crippen molar-refractivity contribution in [2.24, 2.45) is 0 Å². The topological polar surface area (TPSA) is 61.4 Å². The Hall–Kier alpha value is -3.25. The summed E-state index contributed by atoms with van der Waals surface area (Å²) in [4.78, 5) is 26.2. The van der Waals surface area contributed by atoms with Gasteiger partial charge in [-0.15, -0.1) is 0 Å². The summed E-state index contributed by atoms with van der Waals surface area (Å²) in [6, 6.07) is 21.7. The summed E-state index contributed by atoms with van der Waals surface area (Å²) in [5.74, 6) is 1.20. The largest absolute Gasteiger partial charge is 0.354 e. The minimum atomic E-state index is -0.217. The smallest absolute Gasteiger partial charge is 0.274 e. The van der Waals surface area contributed by atoms with Gasteiger partial charge in [0, 0.05) is 44.5 Å². The Bertz CT molecular complexity index is 954. The molecule has 4 rings (SSSR count). The van der Waals surface area contributed by atoms with Crippen LogP contribution >= 0.6 is 0 Å². The molecule has 0 aliphatic carbocycles. The third-order valence-corrected chi connectivity index (χ3v) is 5.03. The van der Waals surface area contributed by atoms with Gasteiger partial charge in [-0.2, -0.15) is 0 Å². The lowest BCUT2D eigenvalue weighted by molar-refractivity contribution is 0.102. The van der Waals surface area contributed by atoms with E-state index in [0.717, 1.165) is 44.2 Å². The first kappa shape index (κ1) is 19.1. The van der Waals surface area contributed by atoms with Gasteiger partial charge in [-0.3, -0.25) is 9.69 Å². The van der Waals surface area contributed by atoms with Crippen molar-refractivity contribution in [3.05, 3.63) is 83.8 Å². The number of hydrogen-bond acceptors (Lipinski definition) is 5. The van der Waals surface area contributed by atoms with Crippen molar-refractivity contribution in [3.63, 3.8) is 0 Å². The average molecular weight is 387 g/mol. The van der Waals surface area contributed by atoms with E-state index in [4.69, 9.17) is 0 Å². The van der Waals surface area contributed by atoms with Crippen molar-refractivity contribution >= 4 is 17.4 Å². The van der Waals surface area contributed by atoms with Gasteiger partial charge in [-0.05, 0) is 24.6 Å². The molecule has 0 radical (unpaired) electrons. The second kappa shape index (κ2) is 8.84. The van der Waals surface area contributed by atoms with Crippen LogP contribution in [-0.4, -0.2) is 47.0 Å². The number of piperazine rings is 1. The number of para-hydroxylation sites is 1. The summed E-state index contributed by atoms with van der Waals surface area (Å²) >= 11 is 0. The van der Waals surface area contributed by atoms with E-state index in [9.17, 15) is 4.79 Å². The first-order valence-corrected chi connectivity index (χ1v) is 9.91. The van der Waals surface area contributed by atoms with E-state index in [-0.39, 0.29) is 5.91 Å². The van der Waals surface area contributed by atoms with Gasteiger partial charge in [0.15, 0.2) is 0 Å². The number of aryl methyl sites for hydroxylation is 1. The van der Waals surface area contributed by atoms with Crippen molar-refractivity contribution in [2.75, 3.05) is 36.4 Å². The Morgan fingerprint density at radius 3 is 2.28 bits per heavy atom. The van der Waals surface area contributed by atoms with Crippen molar-refractivity contribution < 1.29 is 4.79 Å². The molecule has 6 heteroatoms. The number of rotatable bonds is 5. The Kier molecular flexibility index (Phi) is 5.81. The highest BCUT2D eigenvalue weighted by atomic mass is 16.1. The fourth-order valence-corrected chi connectivity index (χ4v) is 3.52. The van der Waals surface area contributed by atoms with E-state index in [0.29, 0.717) is 11.5 Å². The van der Waals surface area contributed by atoms with Gasteiger partial charge in [0.2, 0.25) is 0 Å². The number of carbonyl (C=O) groups excluding carboxylic acids is 1. The van der Waals surface area contributed by atoms with Gasteiger partial charge in [-0.25, -0.2) is 9.97 Å².